The number of hydrogen-bond acceptors (Lipinski definition) is 2. The lowest BCUT2D eigenvalue weighted by atomic mass is 9.78. The molecule has 0 saturated heterocycles. The number of benzene rings is 2. The van der Waals surface area contributed by atoms with E-state index in [0.717, 1.165) is 19.3 Å². The van der Waals surface area contributed by atoms with Crippen LogP contribution < -0.4 is 0 Å². The van der Waals surface area contributed by atoms with Gasteiger partial charge in [0.1, 0.15) is 6.79 Å². The zero-order chi connectivity index (χ0) is 14.9. The van der Waals surface area contributed by atoms with Crippen LogP contribution in [0.5, 0.6) is 0 Å². The highest BCUT2D eigenvalue weighted by atomic mass is 16.6. The SMILES string of the molecule is OCOC1CCCCC1c1cccc2c1-c1ccccc1C2. The van der Waals surface area contributed by atoms with Gasteiger partial charge in [-0.15, -0.1) is 0 Å². The van der Waals surface area contributed by atoms with Crippen LogP contribution in [0, 0.1) is 0 Å². The number of fused-ring (bicyclic) bond motifs is 3. The minimum absolute atomic E-state index is 0.151. The lowest BCUT2D eigenvalue weighted by molar-refractivity contribution is -0.0712. The van der Waals surface area contributed by atoms with Crippen LogP contribution in [-0.2, 0) is 11.2 Å². The number of ether oxygens (including phenoxy) is 1. The maximum absolute atomic E-state index is 9.21. The molecule has 2 heteroatoms. The molecule has 0 aromatic heterocycles. The molecule has 0 bridgehead atoms. The van der Waals surface area contributed by atoms with E-state index < -0.39 is 0 Å². The normalized spacial score (nSPS) is 23.1. The van der Waals surface area contributed by atoms with Gasteiger partial charge in [0.15, 0.2) is 0 Å². The number of hydrogen-bond donors (Lipinski definition) is 1. The third kappa shape index (κ3) is 2.27. The van der Waals surface area contributed by atoms with Crippen molar-refractivity contribution in [1.29, 1.82) is 0 Å². The molecule has 22 heavy (non-hydrogen) atoms. The molecule has 4 rings (SSSR count). The Balaban J connectivity index is 1.80. The second kappa shape index (κ2) is 5.86. The summed E-state index contributed by atoms with van der Waals surface area (Å²) in [5.41, 5.74) is 7.10. The average Bonchev–Trinajstić information content (AvgIpc) is 2.94. The molecule has 2 aliphatic carbocycles. The third-order valence-electron chi connectivity index (χ3n) is 5.24. The molecule has 2 aliphatic rings. The maximum atomic E-state index is 9.21. The van der Waals surface area contributed by atoms with E-state index in [1.54, 1.807) is 0 Å². The van der Waals surface area contributed by atoms with E-state index in [1.807, 2.05) is 0 Å². The van der Waals surface area contributed by atoms with Crippen LogP contribution in [0.4, 0.5) is 0 Å². The molecule has 1 fully saturated rings. The fourth-order valence-corrected chi connectivity index (χ4v) is 4.28. The first-order chi connectivity index (χ1) is 10.9. The maximum Gasteiger partial charge on any atom is 0.143 e. The summed E-state index contributed by atoms with van der Waals surface area (Å²) in [5, 5.41) is 9.21. The Kier molecular flexibility index (Phi) is 3.73. The molecule has 0 heterocycles. The molecule has 2 atom stereocenters. The van der Waals surface area contributed by atoms with Gasteiger partial charge in [-0.25, -0.2) is 0 Å². The second-order valence-electron chi connectivity index (χ2n) is 6.44. The summed E-state index contributed by atoms with van der Waals surface area (Å²) in [5.74, 6) is 0.405. The first kappa shape index (κ1) is 14.0. The van der Waals surface area contributed by atoms with Crippen LogP contribution in [0.2, 0.25) is 0 Å². The summed E-state index contributed by atoms with van der Waals surface area (Å²) in [6.07, 6.45) is 5.85. The van der Waals surface area contributed by atoms with Crippen molar-refractivity contribution < 1.29 is 9.84 Å². The smallest absolute Gasteiger partial charge is 0.143 e. The van der Waals surface area contributed by atoms with Crippen LogP contribution in [0.3, 0.4) is 0 Å². The predicted octanol–water partition coefficient (Wildman–Crippen LogP) is 4.25. The fourth-order valence-electron chi connectivity index (χ4n) is 4.28. The van der Waals surface area contributed by atoms with Crippen molar-refractivity contribution in [3.63, 3.8) is 0 Å². The molecular formula is C20H22O2. The zero-order valence-electron chi connectivity index (χ0n) is 12.8. The highest BCUT2D eigenvalue weighted by Gasteiger charge is 2.31. The van der Waals surface area contributed by atoms with Gasteiger partial charge in [0, 0.05) is 5.92 Å². The van der Waals surface area contributed by atoms with Crippen molar-refractivity contribution >= 4 is 0 Å². The third-order valence-corrected chi connectivity index (χ3v) is 5.24. The lowest BCUT2D eigenvalue weighted by Crippen LogP contribution is -2.27. The molecule has 1 N–H and O–H groups in total. The lowest BCUT2D eigenvalue weighted by Gasteiger charge is -2.32. The highest BCUT2D eigenvalue weighted by molar-refractivity contribution is 5.80. The van der Waals surface area contributed by atoms with Gasteiger partial charge >= 0.3 is 0 Å². The Hall–Kier alpha value is -1.64. The highest BCUT2D eigenvalue weighted by Crippen LogP contribution is 2.45. The summed E-state index contributed by atoms with van der Waals surface area (Å²) in [6, 6.07) is 15.5. The summed E-state index contributed by atoms with van der Waals surface area (Å²) >= 11 is 0. The van der Waals surface area contributed by atoms with Crippen LogP contribution in [0.25, 0.3) is 11.1 Å². The molecule has 0 amide bonds. The van der Waals surface area contributed by atoms with Crippen molar-refractivity contribution in [2.75, 3.05) is 6.79 Å². The molecule has 0 aliphatic heterocycles. The minimum Gasteiger partial charge on any atom is -0.371 e. The van der Waals surface area contributed by atoms with E-state index in [2.05, 4.69) is 42.5 Å². The zero-order valence-corrected chi connectivity index (χ0v) is 12.8. The van der Waals surface area contributed by atoms with Crippen LogP contribution in [0.1, 0.15) is 48.3 Å². The van der Waals surface area contributed by atoms with Gasteiger partial charge in [-0.05, 0) is 47.1 Å². The molecule has 0 spiro atoms. The quantitative estimate of drug-likeness (QED) is 0.732. The molecular weight excluding hydrogens is 272 g/mol. The van der Waals surface area contributed by atoms with Gasteiger partial charge < -0.3 is 9.84 Å². The van der Waals surface area contributed by atoms with E-state index >= 15 is 0 Å². The molecule has 0 radical (unpaired) electrons. The summed E-state index contributed by atoms with van der Waals surface area (Å²) in [4.78, 5) is 0. The Labute approximate surface area is 131 Å². The van der Waals surface area contributed by atoms with Crippen molar-refractivity contribution in [1.82, 2.24) is 0 Å². The van der Waals surface area contributed by atoms with Crippen molar-refractivity contribution in [3.05, 3.63) is 59.2 Å². The first-order valence-electron chi connectivity index (χ1n) is 8.31. The van der Waals surface area contributed by atoms with Crippen LogP contribution in [-0.4, -0.2) is 18.0 Å². The average molecular weight is 294 g/mol. The Morgan fingerprint density at radius 3 is 2.68 bits per heavy atom. The van der Waals surface area contributed by atoms with Gasteiger partial charge in [0.25, 0.3) is 0 Å². The molecule has 2 nitrogen and oxygen atoms in total. The topological polar surface area (TPSA) is 29.5 Å². The van der Waals surface area contributed by atoms with Gasteiger partial charge in [0.05, 0.1) is 6.10 Å². The molecule has 2 aromatic carbocycles. The van der Waals surface area contributed by atoms with E-state index in [9.17, 15) is 5.11 Å². The van der Waals surface area contributed by atoms with E-state index in [1.165, 1.54) is 40.7 Å². The first-order valence-corrected chi connectivity index (χ1v) is 8.31. The molecule has 1 saturated carbocycles. The Morgan fingerprint density at radius 1 is 0.955 bits per heavy atom. The van der Waals surface area contributed by atoms with E-state index in [-0.39, 0.29) is 12.9 Å². The van der Waals surface area contributed by atoms with Gasteiger partial charge in [-0.1, -0.05) is 55.3 Å². The molecule has 114 valence electrons. The number of aliphatic hydroxyl groups is 1. The van der Waals surface area contributed by atoms with Gasteiger partial charge in [-0.3, -0.25) is 0 Å². The van der Waals surface area contributed by atoms with Gasteiger partial charge in [-0.2, -0.15) is 0 Å². The Bertz CT molecular complexity index is 675. The summed E-state index contributed by atoms with van der Waals surface area (Å²) < 4.78 is 5.65. The monoisotopic (exact) mass is 294 g/mol. The largest absolute Gasteiger partial charge is 0.371 e. The van der Waals surface area contributed by atoms with Crippen LogP contribution in [0.15, 0.2) is 42.5 Å². The van der Waals surface area contributed by atoms with Crippen molar-refractivity contribution in [2.45, 2.75) is 44.1 Å². The van der Waals surface area contributed by atoms with Crippen LogP contribution >= 0.6 is 0 Å². The summed E-state index contributed by atoms with van der Waals surface area (Å²) in [6.45, 7) is -0.174. The second-order valence-corrected chi connectivity index (χ2v) is 6.44. The number of rotatable bonds is 3. The fraction of sp³-hybridized carbons (Fsp3) is 0.400. The number of aliphatic hydroxyl groups excluding tert-OH is 1. The predicted molar refractivity (Wildman–Crippen MR) is 87.9 cm³/mol. The van der Waals surface area contributed by atoms with Crippen molar-refractivity contribution in [2.24, 2.45) is 0 Å². The van der Waals surface area contributed by atoms with E-state index in [4.69, 9.17) is 4.74 Å². The van der Waals surface area contributed by atoms with Gasteiger partial charge in [0.2, 0.25) is 0 Å². The standard InChI is InChI=1S/C20H22O2/c21-13-22-19-11-4-3-9-17(19)18-10-5-7-15-12-14-6-1-2-8-16(14)20(15)18/h1-2,5-8,10,17,19,21H,3-4,9,11-13H2. The Morgan fingerprint density at radius 2 is 1.77 bits per heavy atom. The van der Waals surface area contributed by atoms with Crippen molar-refractivity contribution in [3.8, 4) is 11.1 Å². The van der Waals surface area contributed by atoms with E-state index in [0.29, 0.717) is 5.92 Å². The molecule has 2 unspecified atom stereocenters. The molecule has 2 aromatic rings. The minimum atomic E-state index is -0.174. The summed E-state index contributed by atoms with van der Waals surface area (Å²) in [7, 11) is 0.